The van der Waals surface area contributed by atoms with Gasteiger partial charge in [0.2, 0.25) is 0 Å². The Balaban J connectivity index is 2.93. The Kier molecular flexibility index (Phi) is 3.35. The van der Waals surface area contributed by atoms with Crippen LogP contribution in [0.3, 0.4) is 0 Å². The van der Waals surface area contributed by atoms with Crippen molar-refractivity contribution in [1.82, 2.24) is 0 Å². The maximum Gasteiger partial charge on any atom is 0.161 e. The molecule has 0 atom stereocenters. The number of phenolic OH excluding ortho intramolecular Hbond substituents is 1. The molecule has 0 saturated carbocycles. The summed E-state index contributed by atoms with van der Waals surface area (Å²) in [4.78, 5) is 4.37. The Hall–Kier alpha value is -1.51. The summed E-state index contributed by atoms with van der Waals surface area (Å²) in [6.45, 7) is 6.09. The van der Waals surface area contributed by atoms with E-state index in [9.17, 15) is 5.11 Å². The van der Waals surface area contributed by atoms with Crippen LogP contribution in [0, 0.1) is 0 Å². The predicted molar refractivity (Wildman–Crippen MR) is 62.0 cm³/mol. The van der Waals surface area contributed by atoms with Crippen molar-refractivity contribution in [1.29, 1.82) is 0 Å². The van der Waals surface area contributed by atoms with E-state index in [4.69, 9.17) is 4.74 Å². The molecule has 15 heavy (non-hydrogen) atoms. The molecule has 3 nitrogen and oxygen atoms in total. The van der Waals surface area contributed by atoms with Crippen LogP contribution in [0.4, 0.5) is 0 Å². The number of phenols is 1. The third-order valence-corrected chi connectivity index (χ3v) is 1.80. The van der Waals surface area contributed by atoms with Gasteiger partial charge in [0.15, 0.2) is 11.5 Å². The fourth-order valence-electron chi connectivity index (χ4n) is 1.04. The van der Waals surface area contributed by atoms with E-state index in [-0.39, 0.29) is 11.3 Å². The van der Waals surface area contributed by atoms with Gasteiger partial charge in [-0.1, -0.05) is 0 Å². The third-order valence-electron chi connectivity index (χ3n) is 1.80. The number of hydrogen-bond acceptors (Lipinski definition) is 3. The summed E-state index contributed by atoms with van der Waals surface area (Å²) in [5.74, 6) is 0.610. The molecule has 0 amide bonds. The van der Waals surface area contributed by atoms with Crippen LogP contribution in [0.1, 0.15) is 26.3 Å². The average molecular weight is 207 g/mol. The molecule has 0 bridgehead atoms. The van der Waals surface area contributed by atoms with Gasteiger partial charge in [0.05, 0.1) is 12.6 Å². The van der Waals surface area contributed by atoms with E-state index < -0.39 is 0 Å². The highest BCUT2D eigenvalue weighted by Crippen LogP contribution is 2.25. The zero-order valence-electron chi connectivity index (χ0n) is 9.61. The quantitative estimate of drug-likeness (QED) is 0.757. The molecule has 1 N–H and O–H groups in total. The second-order valence-electron chi connectivity index (χ2n) is 4.36. The number of rotatable bonds is 2. The van der Waals surface area contributed by atoms with Crippen molar-refractivity contribution in [3.63, 3.8) is 0 Å². The minimum Gasteiger partial charge on any atom is -0.504 e. The SMILES string of the molecule is COc1cc(/C=N/C(C)(C)C)ccc1O. The molecule has 3 heteroatoms. The van der Waals surface area contributed by atoms with E-state index in [1.807, 2.05) is 20.8 Å². The van der Waals surface area contributed by atoms with Gasteiger partial charge in [0.1, 0.15) is 0 Å². The Morgan fingerprint density at radius 3 is 2.53 bits per heavy atom. The van der Waals surface area contributed by atoms with Crippen LogP contribution < -0.4 is 4.74 Å². The van der Waals surface area contributed by atoms with Gasteiger partial charge in [-0.3, -0.25) is 4.99 Å². The Bertz CT molecular complexity index is 364. The monoisotopic (exact) mass is 207 g/mol. The summed E-state index contributed by atoms with van der Waals surface area (Å²) in [5.41, 5.74) is 0.824. The van der Waals surface area contributed by atoms with Crippen molar-refractivity contribution >= 4 is 6.21 Å². The van der Waals surface area contributed by atoms with Crippen LogP contribution in [0.5, 0.6) is 11.5 Å². The van der Waals surface area contributed by atoms with Gasteiger partial charge in [-0.2, -0.15) is 0 Å². The summed E-state index contributed by atoms with van der Waals surface area (Å²) < 4.78 is 5.01. The van der Waals surface area contributed by atoms with Crippen molar-refractivity contribution in [3.8, 4) is 11.5 Å². The number of benzene rings is 1. The van der Waals surface area contributed by atoms with E-state index in [0.717, 1.165) is 5.56 Å². The molecule has 82 valence electrons. The topological polar surface area (TPSA) is 41.8 Å². The molecule has 0 aliphatic rings. The normalized spacial score (nSPS) is 12.0. The van der Waals surface area contributed by atoms with E-state index in [1.54, 1.807) is 24.4 Å². The lowest BCUT2D eigenvalue weighted by atomic mass is 10.1. The van der Waals surface area contributed by atoms with Crippen LogP contribution in [-0.2, 0) is 0 Å². The van der Waals surface area contributed by atoms with Gasteiger partial charge in [-0.25, -0.2) is 0 Å². The Morgan fingerprint density at radius 1 is 1.33 bits per heavy atom. The van der Waals surface area contributed by atoms with Crippen LogP contribution >= 0.6 is 0 Å². The first-order valence-electron chi connectivity index (χ1n) is 4.84. The molecule has 0 aromatic heterocycles. The molecular weight excluding hydrogens is 190 g/mol. The van der Waals surface area contributed by atoms with Crippen LogP contribution in [-0.4, -0.2) is 24.0 Å². The van der Waals surface area contributed by atoms with Crippen molar-refractivity contribution in [2.24, 2.45) is 4.99 Å². The highest BCUT2D eigenvalue weighted by Gasteiger charge is 2.05. The predicted octanol–water partition coefficient (Wildman–Crippen LogP) is 2.62. The second-order valence-corrected chi connectivity index (χ2v) is 4.36. The van der Waals surface area contributed by atoms with Gasteiger partial charge in [0, 0.05) is 6.21 Å². The molecule has 0 aliphatic heterocycles. The first-order valence-corrected chi connectivity index (χ1v) is 4.84. The standard InChI is InChI=1S/C12H17NO2/c1-12(2,3)13-8-9-5-6-10(14)11(7-9)15-4/h5-8,14H,1-4H3/b13-8+. The minimum atomic E-state index is -0.0921. The van der Waals surface area contributed by atoms with Gasteiger partial charge in [0.25, 0.3) is 0 Å². The number of methoxy groups -OCH3 is 1. The Labute approximate surface area is 90.4 Å². The lowest BCUT2D eigenvalue weighted by molar-refractivity contribution is 0.373. The van der Waals surface area contributed by atoms with E-state index in [1.165, 1.54) is 7.11 Å². The Morgan fingerprint density at radius 2 is 2.00 bits per heavy atom. The smallest absolute Gasteiger partial charge is 0.161 e. The lowest BCUT2D eigenvalue weighted by Gasteiger charge is -2.11. The van der Waals surface area contributed by atoms with Crippen molar-refractivity contribution in [3.05, 3.63) is 23.8 Å². The van der Waals surface area contributed by atoms with Gasteiger partial charge < -0.3 is 9.84 Å². The first-order chi connectivity index (χ1) is 6.92. The van der Waals surface area contributed by atoms with E-state index >= 15 is 0 Å². The molecule has 1 aromatic rings. The summed E-state index contributed by atoms with van der Waals surface area (Å²) >= 11 is 0. The highest BCUT2D eigenvalue weighted by molar-refractivity contribution is 5.81. The van der Waals surface area contributed by atoms with Crippen LogP contribution in [0.15, 0.2) is 23.2 Å². The molecule has 0 saturated heterocycles. The number of nitrogens with zero attached hydrogens (tertiary/aromatic N) is 1. The molecule has 0 unspecified atom stereocenters. The van der Waals surface area contributed by atoms with Crippen molar-refractivity contribution < 1.29 is 9.84 Å². The maximum absolute atomic E-state index is 9.39. The molecule has 0 aliphatic carbocycles. The number of aromatic hydroxyl groups is 1. The van der Waals surface area contributed by atoms with Crippen LogP contribution in [0.25, 0.3) is 0 Å². The summed E-state index contributed by atoms with van der Waals surface area (Å²) in [5, 5.41) is 9.39. The van der Waals surface area contributed by atoms with E-state index in [0.29, 0.717) is 5.75 Å². The van der Waals surface area contributed by atoms with Gasteiger partial charge in [-0.05, 0) is 44.5 Å². The van der Waals surface area contributed by atoms with Crippen molar-refractivity contribution in [2.75, 3.05) is 7.11 Å². The molecule has 1 aromatic carbocycles. The minimum absolute atomic E-state index is 0.0921. The average Bonchev–Trinajstić information content (AvgIpc) is 2.15. The van der Waals surface area contributed by atoms with Crippen LogP contribution in [0.2, 0.25) is 0 Å². The molecule has 0 heterocycles. The number of ether oxygens (including phenoxy) is 1. The zero-order valence-corrected chi connectivity index (χ0v) is 9.61. The van der Waals surface area contributed by atoms with Gasteiger partial charge in [-0.15, -0.1) is 0 Å². The molecule has 0 radical (unpaired) electrons. The number of aliphatic imine (C=N–C) groups is 1. The summed E-state index contributed by atoms with van der Waals surface area (Å²) in [6.07, 6.45) is 1.78. The number of hydrogen-bond donors (Lipinski definition) is 1. The maximum atomic E-state index is 9.39. The second kappa shape index (κ2) is 4.34. The van der Waals surface area contributed by atoms with Crippen molar-refractivity contribution in [2.45, 2.75) is 26.3 Å². The summed E-state index contributed by atoms with van der Waals surface area (Å²) in [6, 6.07) is 5.15. The largest absolute Gasteiger partial charge is 0.504 e. The summed E-state index contributed by atoms with van der Waals surface area (Å²) in [7, 11) is 1.53. The highest BCUT2D eigenvalue weighted by atomic mass is 16.5. The van der Waals surface area contributed by atoms with Gasteiger partial charge >= 0.3 is 0 Å². The molecule has 0 spiro atoms. The fraction of sp³-hybridized carbons (Fsp3) is 0.417. The zero-order chi connectivity index (χ0) is 11.5. The van der Waals surface area contributed by atoms with E-state index in [2.05, 4.69) is 4.99 Å². The molecule has 1 rings (SSSR count). The first kappa shape index (κ1) is 11.6. The fourth-order valence-corrected chi connectivity index (χ4v) is 1.04. The molecule has 0 fully saturated rings. The lowest BCUT2D eigenvalue weighted by Crippen LogP contribution is -2.09. The third kappa shape index (κ3) is 3.62. The molecular formula is C12H17NO2.